The van der Waals surface area contributed by atoms with E-state index in [1.165, 1.54) is 11.8 Å². The number of halogens is 1. The highest BCUT2D eigenvalue weighted by Gasteiger charge is 2.10. The van der Waals surface area contributed by atoms with Crippen LogP contribution in [0.5, 0.6) is 5.75 Å². The number of nitrogens with zero attached hydrogens (tertiary/aromatic N) is 2. The monoisotopic (exact) mass is 375 g/mol. The van der Waals surface area contributed by atoms with Crippen LogP contribution in [0.3, 0.4) is 0 Å². The first-order chi connectivity index (χ1) is 12.1. The van der Waals surface area contributed by atoms with Crippen LogP contribution in [0.25, 0.3) is 11.0 Å². The number of para-hydroxylation sites is 1. The Morgan fingerprint density at radius 2 is 2.08 bits per heavy atom. The molecule has 3 rings (SSSR count). The smallest absolute Gasteiger partial charge is 0.230 e. The third-order valence-corrected chi connectivity index (χ3v) is 4.84. The van der Waals surface area contributed by atoms with Gasteiger partial charge >= 0.3 is 0 Å². The van der Waals surface area contributed by atoms with Gasteiger partial charge in [0.05, 0.1) is 23.3 Å². The van der Waals surface area contributed by atoms with Gasteiger partial charge in [-0.25, -0.2) is 4.98 Å². The number of benzene rings is 2. The number of aromatic nitrogens is 2. The first-order valence-corrected chi connectivity index (χ1v) is 9.19. The molecule has 0 saturated carbocycles. The Labute approximate surface area is 155 Å². The molecule has 130 valence electrons. The molecule has 0 aliphatic heterocycles. The van der Waals surface area contributed by atoms with Crippen molar-refractivity contribution in [2.75, 3.05) is 18.9 Å². The predicted molar refractivity (Wildman–Crippen MR) is 101 cm³/mol. The lowest BCUT2D eigenvalue weighted by Crippen LogP contribution is -2.29. The first-order valence-electron chi connectivity index (χ1n) is 7.83. The van der Waals surface area contributed by atoms with E-state index in [1.807, 2.05) is 60.1 Å². The molecule has 3 aromatic rings. The molecule has 0 radical (unpaired) electrons. The Morgan fingerprint density at radius 1 is 1.28 bits per heavy atom. The largest absolute Gasteiger partial charge is 0.492 e. The maximum atomic E-state index is 12.0. The number of thioether (sulfide) groups is 1. The van der Waals surface area contributed by atoms with Gasteiger partial charge in [-0.1, -0.05) is 41.6 Å². The summed E-state index contributed by atoms with van der Waals surface area (Å²) in [6.07, 6.45) is 0. The van der Waals surface area contributed by atoms with Crippen molar-refractivity contribution in [3.63, 3.8) is 0 Å². The fourth-order valence-electron chi connectivity index (χ4n) is 2.34. The van der Waals surface area contributed by atoms with Crippen molar-refractivity contribution in [1.82, 2.24) is 14.9 Å². The van der Waals surface area contributed by atoms with Gasteiger partial charge in [0, 0.05) is 12.1 Å². The summed E-state index contributed by atoms with van der Waals surface area (Å²) in [5.74, 6) is 1.05. The zero-order valence-electron chi connectivity index (χ0n) is 13.7. The number of ether oxygens (including phenoxy) is 1. The molecule has 0 aliphatic carbocycles. The van der Waals surface area contributed by atoms with E-state index in [9.17, 15) is 4.79 Å². The predicted octanol–water partition coefficient (Wildman–Crippen LogP) is 3.51. The van der Waals surface area contributed by atoms with Gasteiger partial charge in [-0.3, -0.25) is 4.79 Å². The van der Waals surface area contributed by atoms with Crippen molar-refractivity contribution in [1.29, 1.82) is 0 Å². The molecule has 0 atom stereocenters. The molecular weight excluding hydrogens is 358 g/mol. The van der Waals surface area contributed by atoms with E-state index in [0.29, 0.717) is 23.9 Å². The number of hydrogen-bond donors (Lipinski definition) is 1. The van der Waals surface area contributed by atoms with E-state index in [4.69, 9.17) is 16.3 Å². The summed E-state index contributed by atoms with van der Waals surface area (Å²) in [4.78, 5) is 16.5. The molecule has 2 aromatic carbocycles. The summed E-state index contributed by atoms with van der Waals surface area (Å²) >= 11 is 7.39. The van der Waals surface area contributed by atoms with Gasteiger partial charge in [0.2, 0.25) is 5.91 Å². The van der Waals surface area contributed by atoms with E-state index in [0.717, 1.165) is 21.9 Å². The number of aryl methyl sites for hydroxylation is 1. The lowest BCUT2D eigenvalue weighted by Gasteiger charge is -2.07. The fourth-order valence-corrected chi connectivity index (χ4v) is 3.32. The summed E-state index contributed by atoms with van der Waals surface area (Å²) in [6.45, 7) is 0.900. The minimum Gasteiger partial charge on any atom is -0.492 e. The minimum absolute atomic E-state index is 0.0493. The molecule has 1 amide bonds. The van der Waals surface area contributed by atoms with Crippen LogP contribution in [-0.4, -0.2) is 34.4 Å². The van der Waals surface area contributed by atoms with Gasteiger partial charge in [-0.05, 0) is 30.3 Å². The topological polar surface area (TPSA) is 56.2 Å². The normalized spacial score (nSPS) is 10.8. The SMILES string of the molecule is Cn1c(SCC(=O)NCCOc2ccccc2)nc2cc(Cl)ccc21. The molecule has 1 heterocycles. The highest BCUT2D eigenvalue weighted by Crippen LogP contribution is 2.24. The van der Waals surface area contributed by atoms with Crippen LogP contribution in [0, 0.1) is 0 Å². The van der Waals surface area contributed by atoms with Gasteiger partial charge in [-0.2, -0.15) is 0 Å². The summed E-state index contributed by atoms with van der Waals surface area (Å²) < 4.78 is 7.50. The fraction of sp³-hybridized carbons (Fsp3) is 0.222. The molecule has 0 unspecified atom stereocenters. The van der Waals surface area contributed by atoms with E-state index in [-0.39, 0.29) is 5.91 Å². The Hall–Kier alpha value is -2.18. The molecule has 0 spiro atoms. The summed E-state index contributed by atoms with van der Waals surface area (Å²) in [5.41, 5.74) is 1.82. The van der Waals surface area contributed by atoms with Crippen LogP contribution in [-0.2, 0) is 11.8 Å². The molecule has 0 saturated heterocycles. The van der Waals surface area contributed by atoms with Crippen molar-refractivity contribution in [2.45, 2.75) is 5.16 Å². The number of carbonyl (C=O) groups excluding carboxylic acids is 1. The van der Waals surface area contributed by atoms with E-state index in [1.54, 1.807) is 0 Å². The third kappa shape index (κ3) is 4.67. The van der Waals surface area contributed by atoms with Gasteiger partial charge in [0.1, 0.15) is 12.4 Å². The number of fused-ring (bicyclic) bond motifs is 1. The molecule has 7 heteroatoms. The van der Waals surface area contributed by atoms with Crippen LogP contribution < -0.4 is 10.1 Å². The Kier molecular flexibility index (Phi) is 5.83. The summed E-state index contributed by atoms with van der Waals surface area (Å²) in [7, 11) is 1.93. The lowest BCUT2D eigenvalue weighted by molar-refractivity contribution is -0.118. The van der Waals surface area contributed by atoms with Crippen molar-refractivity contribution in [2.24, 2.45) is 7.05 Å². The van der Waals surface area contributed by atoms with Crippen molar-refractivity contribution < 1.29 is 9.53 Å². The van der Waals surface area contributed by atoms with Crippen LogP contribution in [0.4, 0.5) is 0 Å². The molecule has 1 aromatic heterocycles. The quantitative estimate of drug-likeness (QED) is 0.507. The minimum atomic E-state index is -0.0493. The number of hydrogen-bond acceptors (Lipinski definition) is 4. The van der Waals surface area contributed by atoms with Crippen molar-refractivity contribution in [3.8, 4) is 5.75 Å². The van der Waals surface area contributed by atoms with Crippen molar-refractivity contribution >= 4 is 40.3 Å². The van der Waals surface area contributed by atoms with Crippen LogP contribution in [0.1, 0.15) is 0 Å². The maximum Gasteiger partial charge on any atom is 0.230 e. The maximum absolute atomic E-state index is 12.0. The average molecular weight is 376 g/mol. The third-order valence-electron chi connectivity index (χ3n) is 3.57. The average Bonchev–Trinajstić information content (AvgIpc) is 2.93. The highest BCUT2D eigenvalue weighted by molar-refractivity contribution is 7.99. The van der Waals surface area contributed by atoms with Gasteiger partial charge in [-0.15, -0.1) is 0 Å². The van der Waals surface area contributed by atoms with Gasteiger partial charge in [0.15, 0.2) is 5.16 Å². The lowest BCUT2D eigenvalue weighted by atomic mass is 10.3. The number of carbonyl (C=O) groups is 1. The zero-order valence-corrected chi connectivity index (χ0v) is 15.3. The van der Waals surface area contributed by atoms with Crippen molar-refractivity contribution in [3.05, 3.63) is 53.6 Å². The molecule has 0 bridgehead atoms. The van der Waals surface area contributed by atoms with Crippen LogP contribution >= 0.6 is 23.4 Å². The molecule has 5 nitrogen and oxygen atoms in total. The van der Waals surface area contributed by atoms with E-state index < -0.39 is 0 Å². The summed E-state index contributed by atoms with van der Waals surface area (Å²) in [6, 6.07) is 15.1. The molecular formula is C18H18ClN3O2S. The molecule has 0 aliphatic rings. The second-order valence-corrected chi connectivity index (χ2v) is 6.77. The second-order valence-electron chi connectivity index (χ2n) is 5.39. The molecule has 0 fully saturated rings. The Balaban J connectivity index is 1.45. The molecule has 1 N–H and O–H groups in total. The second kappa shape index (κ2) is 8.27. The number of rotatable bonds is 7. The number of imidazole rings is 1. The van der Waals surface area contributed by atoms with E-state index >= 15 is 0 Å². The standard InChI is InChI=1S/C18H18ClN3O2S/c1-22-16-8-7-13(19)11-15(16)21-18(22)25-12-17(23)20-9-10-24-14-5-3-2-4-6-14/h2-8,11H,9-10,12H2,1H3,(H,20,23). The zero-order chi connectivity index (χ0) is 17.6. The van der Waals surface area contributed by atoms with Gasteiger partial charge < -0.3 is 14.6 Å². The van der Waals surface area contributed by atoms with Crippen LogP contribution in [0.15, 0.2) is 53.7 Å². The Bertz CT molecular complexity index is 867. The first kappa shape index (κ1) is 17.6. The van der Waals surface area contributed by atoms with Crippen LogP contribution in [0.2, 0.25) is 5.02 Å². The Morgan fingerprint density at radius 3 is 2.88 bits per heavy atom. The van der Waals surface area contributed by atoms with E-state index in [2.05, 4.69) is 10.3 Å². The van der Waals surface area contributed by atoms with Gasteiger partial charge in [0.25, 0.3) is 0 Å². The highest BCUT2D eigenvalue weighted by atomic mass is 35.5. The number of nitrogens with one attached hydrogen (secondary N) is 1. The summed E-state index contributed by atoms with van der Waals surface area (Å²) in [5, 5.41) is 4.28. The number of amides is 1. The molecule has 25 heavy (non-hydrogen) atoms.